The van der Waals surface area contributed by atoms with Gasteiger partial charge in [-0.1, -0.05) is 11.3 Å². The third kappa shape index (κ3) is 2.23. The predicted molar refractivity (Wildman–Crippen MR) is 68.0 cm³/mol. The van der Waals surface area contributed by atoms with Gasteiger partial charge in [0.2, 0.25) is 0 Å². The molecule has 0 saturated heterocycles. The molecule has 0 radical (unpaired) electrons. The minimum atomic E-state index is 0.657. The summed E-state index contributed by atoms with van der Waals surface area (Å²) >= 11 is 3.18. The summed E-state index contributed by atoms with van der Waals surface area (Å²) < 4.78 is 0. The highest BCUT2D eigenvalue weighted by molar-refractivity contribution is 7.16. The van der Waals surface area contributed by atoms with Crippen LogP contribution in [0.2, 0.25) is 0 Å². The van der Waals surface area contributed by atoms with Gasteiger partial charge in [0.25, 0.3) is 0 Å². The maximum atomic E-state index is 8.74. The van der Waals surface area contributed by atoms with Crippen LogP contribution in [0.4, 0.5) is 5.13 Å². The lowest BCUT2D eigenvalue weighted by Crippen LogP contribution is -2.15. The van der Waals surface area contributed by atoms with Crippen LogP contribution in [0.15, 0.2) is 17.6 Å². The van der Waals surface area contributed by atoms with Crippen LogP contribution in [0.5, 0.6) is 0 Å². The Balaban J connectivity index is 2.12. The van der Waals surface area contributed by atoms with Gasteiger partial charge in [0.15, 0.2) is 5.13 Å². The third-order valence-electron chi connectivity index (χ3n) is 2.28. The summed E-state index contributed by atoms with van der Waals surface area (Å²) in [5, 5.41) is 11.7. The zero-order chi connectivity index (χ0) is 11.5. The van der Waals surface area contributed by atoms with Crippen molar-refractivity contribution in [1.82, 2.24) is 4.98 Å². The lowest BCUT2D eigenvalue weighted by atomic mass is 10.3. The number of anilines is 1. The topological polar surface area (TPSA) is 39.9 Å². The van der Waals surface area contributed by atoms with Crippen molar-refractivity contribution in [2.75, 3.05) is 11.9 Å². The van der Waals surface area contributed by atoms with Crippen LogP contribution in [0.1, 0.15) is 15.3 Å². The molecule has 2 heterocycles. The number of aryl methyl sites for hydroxylation is 1. The zero-order valence-corrected chi connectivity index (χ0v) is 10.7. The number of thiazole rings is 1. The van der Waals surface area contributed by atoms with Crippen LogP contribution < -0.4 is 4.90 Å². The second-order valence-corrected chi connectivity index (χ2v) is 5.51. The molecule has 0 spiro atoms. The van der Waals surface area contributed by atoms with E-state index in [1.54, 1.807) is 17.5 Å². The maximum absolute atomic E-state index is 8.74. The van der Waals surface area contributed by atoms with Crippen molar-refractivity contribution in [1.29, 1.82) is 5.26 Å². The number of hydrogen-bond acceptors (Lipinski definition) is 5. The van der Waals surface area contributed by atoms with Crippen molar-refractivity contribution in [2.24, 2.45) is 0 Å². The Bertz CT molecular complexity index is 521. The van der Waals surface area contributed by atoms with Gasteiger partial charge in [-0.2, -0.15) is 5.26 Å². The lowest BCUT2D eigenvalue weighted by Gasteiger charge is -2.14. The average molecular weight is 249 g/mol. The standard InChI is InChI=1S/C11H11N3S2/c1-8-3-4-15-10(8)7-14(2)11-13-6-9(5-12)16-11/h3-4,6H,7H2,1-2H3. The molecule has 2 aromatic rings. The summed E-state index contributed by atoms with van der Waals surface area (Å²) in [5.74, 6) is 0. The average Bonchev–Trinajstić information content (AvgIpc) is 2.88. The molecule has 82 valence electrons. The molecule has 2 aromatic heterocycles. The summed E-state index contributed by atoms with van der Waals surface area (Å²) in [6.45, 7) is 2.96. The van der Waals surface area contributed by atoms with Gasteiger partial charge in [0.1, 0.15) is 10.9 Å². The number of thiophene rings is 1. The summed E-state index contributed by atoms with van der Waals surface area (Å²) in [6, 6.07) is 4.23. The molecule has 0 N–H and O–H groups in total. The maximum Gasteiger partial charge on any atom is 0.186 e. The van der Waals surface area contributed by atoms with Crippen LogP contribution >= 0.6 is 22.7 Å². The molecule has 2 rings (SSSR count). The fourth-order valence-electron chi connectivity index (χ4n) is 1.34. The van der Waals surface area contributed by atoms with Crippen molar-refractivity contribution in [3.8, 4) is 6.07 Å². The molecular formula is C11H11N3S2. The molecule has 0 aliphatic heterocycles. The highest BCUT2D eigenvalue weighted by Crippen LogP contribution is 2.24. The minimum absolute atomic E-state index is 0.657. The molecule has 0 aromatic carbocycles. The normalized spacial score (nSPS) is 10.1. The van der Waals surface area contributed by atoms with Crippen molar-refractivity contribution in [3.63, 3.8) is 0 Å². The van der Waals surface area contributed by atoms with Gasteiger partial charge in [0.05, 0.1) is 12.7 Å². The first kappa shape index (κ1) is 11.1. The van der Waals surface area contributed by atoms with Gasteiger partial charge >= 0.3 is 0 Å². The highest BCUT2D eigenvalue weighted by Gasteiger charge is 2.09. The van der Waals surface area contributed by atoms with Gasteiger partial charge < -0.3 is 4.90 Å². The van der Waals surface area contributed by atoms with E-state index in [2.05, 4.69) is 34.3 Å². The molecule has 0 aliphatic rings. The Kier molecular flexibility index (Phi) is 3.22. The molecular weight excluding hydrogens is 238 g/mol. The van der Waals surface area contributed by atoms with E-state index in [0.717, 1.165) is 11.7 Å². The van der Waals surface area contributed by atoms with Crippen LogP contribution in [-0.2, 0) is 6.54 Å². The van der Waals surface area contributed by atoms with E-state index in [-0.39, 0.29) is 0 Å². The number of nitrogens with zero attached hydrogens (tertiary/aromatic N) is 3. The fourth-order valence-corrected chi connectivity index (χ4v) is 2.97. The fraction of sp³-hybridized carbons (Fsp3) is 0.273. The Morgan fingerprint density at radius 1 is 1.56 bits per heavy atom. The molecule has 0 saturated carbocycles. The second kappa shape index (κ2) is 4.64. The van der Waals surface area contributed by atoms with Crippen molar-refractivity contribution in [3.05, 3.63) is 33.0 Å². The van der Waals surface area contributed by atoms with Gasteiger partial charge in [-0.25, -0.2) is 4.98 Å². The van der Waals surface area contributed by atoms with Gasteiger partial charge in [-0.3, -0.25) is 0 Å². The SMILES string of the molecule is Cc1ccsc1CN(C)c1ncc(C#N)s1. The Morgan fingerprint density at radius 3 is 2.94 bits per heavy atom. The summed E-state index contributed by atoms with van der Waals surface area (Å²) in [5.41, 5.74) is 1.31. The van der Waals surface area contributed by atoms with E-state index in [9.17, 15) is 0 Å². The number of nitriles is 1. The van der Waals surface area contributed by atoms with E-state index < -0.39 is 0 Å². The highest BCUT2D eigenvalue weighted by atomic mass is 32.1. The molecule has 0 aliphatic carbocycles. The molecule has 0 fully saturated rings. The minimum Gasteiger partial charge on any atom is -0.346 e. The first-order valence-corrected chi connectivity index (χ1v) is 6.50. The van der Waals surface area contributed by atoms with E-state index in [0.29, 0.717) is 4.88 Å². The zero-order valence-electron chi connectivity index (χ0n) is 9.10. The molecule has 3 nitrogen and oxygen atoms in total. The summed E-state index contributed by atoms with van der Waals surface area (Å²) in [7, 11) is 2.00. The lowest BCUT2D eigenvalue weighted by molar-refractivity contribution is 0.924. The Morgan fingerprint density at radius 2 is 2.38 bits per heavy atom. The van der Waals surface area contributed by atoms with E-state index in [1.807, 2.05) is 7.05 Å². The van der Waals surface area contributed by atoms with Crippen LogP contribution in [0, 0.1) is 18.3 Å². The Labute approximate surface area is 103 Å². The predicted octanol–water partition coefficient (Wildman–Crippen LogP) is 3.02. The van der Waals surface area contributed by atoms with Gasteiger partial charge in [-0.05, 0) is 23.9 Å². The van der Waals surface area contributed by atoms with Gasteiger partial charge in [-0.15, -0.1) is 11.3 Å². The van der Waals surface area contributed by atoms with Crippen molar-refractivity contribution < 1.29 is 0 Å². The van der Waals surface area contributed by atoms with Crippen molar-refractivity contribution in [2.45, 2.75) is 13.5 Å². The first-order valence-electron chi connectivity index (χ1n) is 4.80. The second-order valence-electron chi connectivity index (χ2n) is 3.50. The molecule has 0 amide bonds. The Hall–Kier alpha value is -1.38. The number of hydrogen-bond donors (Lipinski definition) is 0. The van der Waals surface area contributed by atoms with E-state index >= 15 is 0 Å². The monoisotopic (exact) mass is 249 g/mol. The van der Waals surface area contributed by atoms with E-state index in [1.165, 1.54) is 21.8 Å². The third-order valence-corrected chi connectivity index (χ3v) is 4.30. The molecule has 5 heteroatoms. The molecule has 0 atom stereocenters. The molecule has 0 bridgehead atoms. The largest absolute Gasteiger partial charge is 0.346 e. The van der Waals surface area contributed by atoms with Crippen LogP contribution in [0.3, 0.4) is 0 Å². The number of rotatable bonds is 3. The van der Waals surface area contributed by atoms with Crippen molar-refractivity contribution >= 4 is 27.8 Å². The molecule has 16 heavy (non-hydrogen) atoms. The van der Waals surface area contributed by atoms with Crippen LogP contribution in [0.25, 0.3) is 0 Å². The first-order chi connectivity index (χ1) is 7.70. The van der Waals surface area contributed by atoms with Crippen LogP contribution in [-0.4, -0.2) is 12.0 Å². The van der Waals surface area contributed by atoms with E-state index in [4.69, 9.17) is 5.26 Å². The quantitative estimate of drug-likeness (QED) is 0.839. The molecule has 0 unspecified atom stereocenters. The van der Waals surface area contributed by atoms with Gasteiger partial charge in [0, 0.05) is 11.9 Å². The smallest absolute Gasteiger partial charge is 0.186 e. The summed E-state index contributed by atoms with van der Waals surface area (Å²) in [6.07, 6.45) is 1.62. The summed E-state index contributed by atoms with van der Waals surface area (Å²) in [4.78, 5) is 8.30. The number of aromatic nitrogens is 1.